The molecule has 2 aliphatic rings. The van der Waals surface area contributed by atoms with Gasteiger partial charge in [-0.25, -0.2) is 0 Å². The third-order valence-corrected chi connectivity index (χ3v) is 12.4. The molecule has 0 radical (unpaired) electrons. The number of unbranched alkanes of at least 4 members (excludes halogenated alkanes) is 18. The molecule has 3 nitrogen and oxygen atoms in total. The summed E-state index contributed by atoms with van der Waals surface area (Å²) < 4.78 is 13.6. The van der Waals surface area contributed by atoms with Crippen molar-refractivity contribution >= 4 is 0 Å². The van der Waals surface area contributed by atoms with Crippen LogP contribution >= 0.6 is 0 Å². The van der Waals surface area contributed by atoms with Gasteiger partial charge < -0.3 is 14.4 Å². The molecule has 0 bridgehead atoms. The van der Waals surface area contributed by atoms with Crippen molar-refractivity contribution in [2.45, 2.75) is 239 Å². The minimum Gasteiger partial charge on any atom is -0.347 e. The molecule has 0 N–H and O–H groups in total. The van der Waals surface area contributed by atoms with Gasteiger partial charge in [-0.2, -0.15) is 0 Å². The van der Waals surface area contributed by atoms with Gasteiger partial charge in [0.15, 0.2) is 5.79 Å². The molecular weight excluding hydrogens is 671 g/mol. The van der Waals surface area contributed by atoms with Crippen LogP contribution in [0.4, 0.5) is 0 Å². The van der Waals surface area contributed by atoms with Gasteiger partial charge in [0.1, 0.15) is 0 Å². The van der Waals surface area contributed by atoms with Crippen LogP contribution in [0, 0.1) is 16.7 Å². The Hall–Kier alpha value is -1.16. The molecule has 55 heavy (non-hydrogen) atoms. The Kier molecular flexibility index (Phi) is 28.0. The molecule has 1 heterocycles. The van der Waals surface area contributed by atoms with Crippen molar-refractivity contribution in [3.8, 4) is 0 Å². The highest BCUT2D eigenvalue weighted by Crippen LogP contribution is 2.60. The summed E-state index contributed by atoms with van der Waals surface area (Å²) in [5.41, 5.74) is 0.886. The van der Waals surface area contributed by atoms with E-state index in [-0.39, 0.29) is 11.9 Å². The summed E-state index contributed by atoms with van der Waals surface area (Å²) >= 11 is 0. The second-order valence-corrected chi connectivity index (χ2v) is 19.3. The lowest BCUT2D eigenvalue weighted by Crippen LogP contribution is -2.31. The molecular formula is C52H95NO2. The number of ether oxygens (including phenoxy) is 2. The third-order valence-electron chi connectivity index (χ3n) is 12.4. The van der Waals surface area contributed by atoms with Crippen LogP contribution in [0.1, 0.15) is 227 Å². The Balaban J connectivity index is 1.67. The first-order chi connectivity index (χ1) is 26.6. The van der Waals surface area contributed by atoms with Gasteiger partial charge in [0.05, 0.1) is 12.7 Å². The average molecular weight is 766 g/mol. The molecule has 3 heteroatoms. The van der Waals surface area contributed by atoms with Crippen LogP contribution in [-0.4, -0.2) is 44.0 Å². The minimum absolute atomic E-state index is 0.286. The van der Waals surface area contributed by atoms with E-state index in [2.05, 4.69) is 102 Å². The summed E-state index contributed by atoms with van der Waals surface area (Å²) in [7, 11) is 4.43. The number of hydrogen-bond donors (Lipinski definition) is 0. The summed E-state index contributed by atoms with van der Waals surface area (Å²) in [6.45, 7) is 14.0. The molecule has 1 saturated carbocycles. The lowest BCUT2D eigenvalue weighted by Gasteiger charge is -2.32. The zero-order valence-electron chi connectivity index (χ0n) is 38.2. The third kappa shape index (κ3) is 25.7. The molecule has 0 spiro atoms. The second kappa shape index (κ2) is 30.9. The summed E-state index contributed by atoms with van der Waals surface area (Å²) in [6.07, 6.45) is 57.6. The largest absolute Gasteiger partial charge is 0.347 e. The van der Waals surface area contributed by atoms with Gasteiger partial charge in [-0.15, -0.1) is 0 Å². The van der Waals surface area contributed by atoms with Gasteiger partial charge in [0.25, 0.3) is 0 Å². The Morgan fingerprint density at radius 1 is 0.582 bits per heavy atom. The van der Waals surface area contributed by atoms with Crippen LogP contribution in [0.25, 0.3) is 0 Å². The van der Waals surface area contributed by atoms with Crippen LogP contribution in [0.5, 0.6) is 0 Å². The molecule has 1 saturated heterocycles. The molecule has 0 aromatic heterocycles. The minimum atomic E-state index is -0.324. The quantitative estimate of drug-likeness (QED) is 0.0464. The zero-order valence-corrected chi connectivity index (χ0v) is 38.2. The average Bonchev–Trinajstić information content (AvgIpc) is 3.58. The van der Waals surface area contributed by atoms with Crippen LogP contribution in [0.15, 0.2) is 48.6 Å². The van der Waals surface area contributed by atoms with Crippen LogP contribution in [0.3, 0.4) is 0 Å². The van der Waals surface area contributed by atoms with Gasteiger partial charge in [-0.1, -0.05) is 160 Å². The maximum atomic E-state index is 6.94. The Bertz CT molecular complexity index is 975. The lowest BCUT2D eigenvalue weighted by atomic mass is 9.80. The number of nitrogens with zero attached hydrogens (tertiary/aromatic N) is 1. The monoisotopic (exact) mass is 766 g/mol. The molecule has 0 aromatic carbocycles. The SMILES string of the molecule is CCCCCC=CCC=CCCCCCCCCC1(CCCCCCCCC=CCC=CCCCCC)OCC(CCC2CC2(C)CC(C)(C)CN(C)C)O1. The van der Waals surface area contributed by atoms with E-state index in [1.807, 2.05) is 0 Å². The van der Waals surface area contributed by atoms with Crippen molar-refractivity contribution in [3.05, 3.63) is 48.6 Å². The van der Waals surface area contributed by atoms with Gasteiger partial charge in [-0.05, 0) is 134 Å². The Morgan fingerprint density at radius 2 is 1.02 bits per heavy atom. The van der Waals surface area contributed by atoms with Crippen LogP contribution < -0.4 is 0 Å². The van der Waals surface area contributed by atoms with Gasteiger partial charge >= 0.3 is 0 Å². The van der Waals surface area contributed by atoms with Crippen molar-refractivity contribution < 1.29 is 9.47 Å². The summed E-state index contributed by atoms with van der Waals surface area (Å²) in [6, 6.07) is 0. The number of allylic oxidation sites excluding steroid dienone is 8. The van der Waals surface area contributed by atoms with E-state index in [0.717, 1.165) is 38.2 Å². The van der Waals surface area contributed by atoms with E-state index >= 15 is 0 Å². The first-order valence-corrected chi connectivity index (χ1v) is 24.2. The fourth-order valence-corrected chi connectivity index (χ4v) is 9.47. The fourth-order valence-electron chi connectivity index (χ4n) is 9.47. The molecule has 0 aromatic rings. The topological polar surface area (TPSA) is 21.7 Å². The molecule has 2 fully saturated rings. The van der Waals surface area contributed by atoms with E-state index in [4.69, 9.17) is 9.47 Å². The van der Waals surface area contributed by atoms with Crippen molar-refractivity contribution in [2.75, 3.05) is 27.2 Å². The van der Waals surface area contributed by atoms with E-state index in [1.54, 1.807) is 0 Å². The molecule has 0 amide bonds. The first kappa shape index (κ1) is 50.0. The molecule has 1 aliphatic carbocycles. The number of hydrogen-bond acceptors (Lipinski definition) is 3. The Morgan fingerprint density at radius 3 is 1.47 bits per heavy atom. The zero-order chi connectivity index (χ0) is 39.9. The van der Waals surface area contributed by atoms with E-state index in [0.29, 0.717) is 10.8 Å². The van der Waals surface area contributed by atoms with E-state index in [9.17, 15) is 0 Å². The number of rotatable bonds is 37. The molecule has 1 aliphatic heterocycles. The van der Waals surface area contributed by atoms with Gasteiger partial charge in [-0.3, -0.25) is 0 Å². The van der Waals surface area contributed by atoms with Gasteiger partial charge in [0.2, 0.25) is 0 Å². The van der Waals surface area contributed by atoms with E-state index < -0.39 is 0 Å². The summed E-state index contributed by atoms with van der Waals surface area (Å²) in [4.78, 5) is 2.36. The maximum absolute atomic E-state index is 6.94. The van der Waals surface area contributed by atoms with Crippen molar-refractivity contribution in [2.24, 2.45) is 16.7 Å². The van der Waals surface area contributed by atoms with Crippen molar-refractivity contribution in [3.63, 3.8) is 0 Å². The fraction of sp³-hybridized carbons (Fsp3) is 0.846. The predicted octanol–water partition coefficient (Wildman–Crippen LogP) is 16.3. The maximum Gasteiger partial charge on any atom is 0.168 e. The standard InChI is InChI=1S/C52H95NO2/c1-8-10-12-14-16-18-20-22-24-26-28-30-32-34-36-38-42-52(43-39-37-35-33-31-29-27-25-23-21-19-17-15-13-11-9-2)54-45-49(55-52)41-40-48-44-51(48,5)46-50(3,4)47-53(6)7/h16-19,22-25,48-49H,8-15,20-21,26-47H2,1-7H3. The smallest absolute Gasteiger partial charge is 0.168 e. The molecule has 2 rings (SSSR count). The van der Waals surface area contributed by atoms with E-state index in [1.165, 1.54) is 173 Å². The van der Waals surface area contributed by atoms with Crippen LogP contribution in [-0.2, 0) is 9.47 Å². The molecule has 3 atom stereocenters. The van der Waals surface area contributed by atoms with Crippen molar-refractivity contribution in [1.82, 2.24) is 4.90 Å². The Labute approximate surface area is 345 Å². The summed E-state index contributed by atoms with van der Waals surface area (Å²) in [5.74, 6) is 0.531. The summed E-state index contributed by atoms with van der Waals surface area (Å²) in [5, 5.41) is 0. The highest BCUT2D eigenvalue weighted by molar-refractivity contribution is 5.02. The van der Waals surface area contributed by atoms with Gasteiger partial charge in [0, 0.05) is 19.4 Å². The molecule has 320 valence electrons. The first-order valence-electron chi connectivity index (χ1n) is 24.2. The highest BCUT2D eigenvalue weighted by atomic mass is 16.7. The molecule has 3 unspecified atom stereocenters. The predicted molar refractivity (Wildman–Crippen MR) is 244 cm³/mol. The second-order valence-electron chi connectivity index (χ2n) is 19.3. The highest BCUT2D eigenvalue weighted by Gasteiger charge is 2.52. The van der Waals surface area contributed by atoms with Crippen LogP contribution in [0.2, 0.25) is 0 Å². The normalized spacial score (nSPS) is 23.3. The lowest BCUT2D eigenvalue weighted by molar-refractivity contribution is -0.180. The van der Waals surface area contributed by atoms with Crippen molar-refractivity contribution in [1.29, 1.82) is 0 Å².